The van der Waals surface area contributed by atoms with Crippen molar-refractivity contribution in [3.05, 3.63) is 28.0 Å². The van der Waals surface area contributed by atoms with Gasteiger partial charge in [-0.15, -0.1) is 11.3 Å². The van der Waals surface area contributed by atoms with Crippen molar-refractivity contribution in [3.63, 3.8) is 0 Å². The largest absolute Gasteiger partial charge is 0.269 e. The molecule has 1 aliphatic heterocycles. The molecule has 0 amide bonds. The first-order valence-electron chi connectivity index (χ1n) is 7.88. The van der Waals surface area contributed by atoms with Crippen molar-refractivity contribution in [1.29, 1.82) is 0 Å². The Hall–Kier alpha value is -1.25. The number of hydrogen-bond donors (Lipinski definition) is 0. The third-order valence-corrected chi connectivity index (χ3v) is 7.39. The Kier molecular flexibility index (Phi) is 4.57. The zero-order valence-corrected chi connectivity index (χ0v) is 15.3. The van der Waals surface area contributed by atoms with Gasteiger partial charge >= 0.3 is 0 Å². The van der Waals surface area contributed by atoms with E-state index < -0.39 is 10.0 Å². The first-order chi connectivity index (χ1) is 10.9. The fourth-order valence-corrected chi connectivity index (χ4v) is 5.65. The lowest BCUT2D eigenvalue weighted by molar-refractivity contribution is 0.315. The summed E-state index contributed by atoms with van der Waals surface area (Å²) in [6, 6.07) is 0. The third kappa shape index (κ3) is 3.07. The number of aryl methyl sites for hydroxylation is 2. The zero-order chi connectivity index (χ0) is 16.6. The lowest BCUT2D eigenvalue weighted by Crippen LogP contribution is -2.39. The van der Waals surface area contributed by atoms with Crippen molar-refractivity contribution < 1.29 is 8.42 Å². The molecule has 6 nitrogen and oxygen atoms in total. The quantitative estimate of drug-likeness (QED) is 0.846. The van der Waals surface area contributed by atoms with Crippen LogP contribution in [-0.4, -0.2) is 40.6 Å². The van der Waals surface area contributed by atoms with E-state index in [1.54, 1.807) is 20.3 Å². The molecule has 0 spiro atoms. The highest BCUT2D eigenvalue weighted by Crippen LogP contribution is 2.32. The van der Waals surface area contributed by atoms with Crippen LogP contribution >= 0.6 is 11.3 Å². The average molecular weight is 355 g/mol. The Bertz CT molecular complexity index is 794. The molecule has 1 fully saturated rings. The molecular weight excluding hydrogens is 332 g/mol. The Morgan fingerprint density at radius 1 is 1.35 bits per heavy atom. The van der Waals surface area contributed by atoms with Crippen molar-refractivity contribution in [2.24, 2.45) is 0 Å². The van der Waals surface area contributed by atoms with Crippen LogP contribution < -0.4 is 0 Å². The SMILES string of the molecule is CCn1ncc(S(=O)(=O)N2CCCC(c3ncc(C)s3)C2)c1C. The molecule has 1 saturated heterocycles. The molecule has 0 bridgehead atoms. The molecule has 2 aromatic heterocycles. The van der Waals surface area contributed by atoms with Gasteiger partial charge < -0.3 is 0 Å². The maximum absolute atomic E-state index is 13.0. The summed E-state index contributed by atoms with van der Waals surface area (Å²) in [5.41, 5.74) is 0.708. The van der Waals surface area contributed by atoms with Crippen LogP contribution in [0, 0.1) is 13.8 Å². The van der Waals surface area contributed by atoms with Crippen LogP contribution in [0.15, 0.2) is 17.3 Å². The zero-order valence-electron chi connectivity index (χ0n) is 13.7. The molecule has 0 saturated carbocycles. The van der Waals surface area contributed by atoms with Crippen molar-refractivity contribution in [1.82, 2.24) is 19.1 Å². The number of nitrogens with zero attached hydrogens (tertiary/aromatic N) is 4. The van der Waals surface area contributed by atoms with Gasteiger partial charge in [-0.3, -0.25) is 4.68 Å². The Labute approximate surface area is 141 Å². The topological polar surface area (TPSA) is 68.1 Å². The Morgan fingerprint density at radius 2 is 2.13 bits per heavy atom. The molecule has 0 aliphatic carbocycles. The smallest absolute Gasteiger partial charge is 0.246 e. The van der Waals surface area contributed by atoms with E-state index in [1.807, 2.05) is 27.0 Å². The van der Waals surface area contributed by atoms with E-state index in [2.05, 4.69) is 10.1 Å². The minimum absolute atomic E-state index is 0.193. The fraction of sp³-hybridized carbons (Fsp3) is 0.600. The Balaban J connectivity index is 1.86. The van der Waals surface area contributed by atoms with Gasteiger partial charge in [-0.1, -0.05) is 0 Å². The van der Waals surface area contributed by atoms with Crippen molar-refractivity contribution in [3.8, 4) is 0 Å². The van der Waals surface area contributed by atoms with Crippen LogP contribution in [0.5, 0.6) is 0 Å². The molecule has 1 atom stereocenters. The predicted octanol–water partition coefficient (Wildman–Crippen LogP) is 2.54. The van der Waals surface area contributed by atoms with Gasteiger partial charge in [0.15, 0.2) is 0 Å². The van der Waals surface area contributed by atoms with Crippen LogP contribution in [-0.2, 0) is 16.6 Å². The van der Waals surface area contributed by atoms with Crippen molar-refractivity contribution >= 4 is 21.4 Å². The van der Waals surface area contributed by atoms with Gasteiger partial charge in [-0.2, -0.15) is 9.40 Å². The summed E-state index contributed by atoms with van der Waals surface area (Å²) in [7, 11) is -3.49. The minimum Gasteiger partial charge on any atom is -0.269 e. The highest BCUT2D eigenvalue weighted by Gasteiger charge is 2.33. The molecule has 0 N–H and O–H groups in total. The minimum atomic E-state index is -3.49. The molecule has 3 rings (SSSR count). The molecule has 126 valence electrons. The Morgan fingerprint density at radius 3 is 2.74 bits per heavy atom. The highest BCUT2D eigenvalue weighted by atomic mass is 32.2. The standard InChI is InChI=1S/C15H22N4O2S2/c1-4-19-12(3)14(9-17-19)23(20,21)18-7-5-6-13(10-18)15-16-8-11(2)22-15/h8-9,13H,4-7,10H2,1-3H3. The summed E-state index contributed by atoms with van der Waals surface area (Å²) >= 11 is 1.66. The monoisotopic (exact) mass is 354 g/mol. The van der Waals surface area contributed by atoms with Crippen molar-refractivity contribution in [2.45, 2.75) is 51.0 Å². The average Bonchev–Trinajstić information content (AvgIpc) is 3.13. The number of sulfonamides is 1. The van der Waals surface area contributed by atoms with Crippen LogP contribution in [0.25, 0.3) is 0 Å². The summed E-state index contributed by atoms with van der Waals surface area (Å²) in [4.78, 5) is 5.94. The normalized spacial score (nSPS) is 20.0. The number of aromatic nitrogens is 3. The molecule has 2 aromatic rings. The van der Waals surface area contributed by atoms with Gasteiger partial charge in [0.25, 0.3) is 0 Å². The first-order valence-corrected chi connectivity index (χ1v) is 10.1. The predicted molar refractivity (Wildman–Crippen MR) is 90.2 cm³/mol. The van der Waals surface area contributed by atoms with E-state index in [1.165, 1.54) is 11.1 Å². The van der Waals surface area contributed by atoms with Crippen molar-refractivity contribution in [2.75, 3.05) is 13.1 Å². The van der Waals surface area contributed by atoms with Gasteiger partial charge in [-0.25, -0.2) is 13.4 Å². The van der Waals surface area contributed by atoms with Gasteiger partial charge in [0.2, 0.25) is 10.0 Å². The van der Waals surface area contributed by atoms with Gasteiger partial charge in [-0.05, 0) is 33.6 Å². The second-order valence-electron chi connectivity index (χ2n) is 5.92. The summed E-state index contributed by atoms with van der Waals surface area (Å²) in [5, 5.41) is 5.22. The number of piperidine rings is 1. The van der Waals surface area contributed by atoms with E-state index in [0.717, 1.165) is 17.8 Å². The van der Waals surface area contributed by atoms with Crippen LogP contribution in [0.1, 0.15) is 41.3 Å². The fourth-order valence-electron chi connectivity index (χ4n) is 3.06. The van der Waals surface area contributed by atoms with Crippen LogP contribution in [0.2, 0.25) is 0 Å². The summed E-state index contributed by atoms with van der Waals surface area (Å²) in [5.74, 6) is 0.193. The van der Waals surface area contributed by atoms with Crippen LogP contribution in [0.3, 0.4) is 0 Å². The summed E-state index contributed by atoms with van der Waals surface area (Å²) in [6.45, 7) is 7.54. The molecule has 1 aliphatic rings. The molecule has 1 unspecified atom stereocenters. The van der Waals surface area contributed by atoms with E-state index >= 15 is 0 Å². The molecule has 8 heteroatoms. The molecule has 0 aromatic carbocycles. The molecule has 3 heterocycles. The second-order valence-corrected chi connectivity index (χ2v) is 9.09. The maximum Gasteiger partial charge on any atom is 0.246 e. The number of thiazole rings is 1. The first kappa shape index (κ1) is 16.6. The highest BCUT2D eigenvalue weighted by molar-refractivity contribution is 7.89. The van der Waals surface area contributed by atoms with Gasteiger partial charge in [0.1, 0.15) is 4.90 Å². The summed E-state index contributed by atoms with van der Waals surface area (Å²) in [6.07, 6.45) is 5.20. The summed E-state index contributed by atoms with van der Waals surface area (Å²) < 4.78 is 29.3. The van der Waals surface area contributed by atoms with Gasteiger partial charge in [0, 0.05) is 36.6 Å². The van der Waals surface area contributed by atoms with E-state index in [-0.39, 0.29) is 5.92 Å². The van der Waals surface area contributed by atoms with Crippen LogP contribution in [0.4, 0.5) is 0 Å². The third-order valence-electron chi connectivity index (χ3n) is 4.35. The van der Waals surface area contributed by atoms with E-state index in [4.69, 9.17) is 0 Å². The van der Waals surface area contributed by atoms with Gasteiger partial charge in [0.05, 0.1) is 16.9 Å². The molecular formula is C15H22N4O2S2. The molecule has 0 radical (unpaired) electrons. The molecule has 23 heavy (non-hydrogen) atoms. The lowest BCUT2D eigenvalue weighted by Gasteiger charge is -2.30. The lowest BCUT2D eigenvalue weighted by atomic mass is 10.0. The number of hydrogen-bond acceptors (Lipinski definition) is 5. The maximum atomic E-state index is 13.0. The second kappa shape index (κ2) is 6.33. The van der Waals surface area contributed by atoms with E-state index in [9.17, 15) is 8.42 Å². The van der Waals surface area contributed by atoms with E-state index in [0.29, 0.717) is 30.2 Å². The number of rotatable bonds is 4.